The lowest BCUT2D eigenvalue weighted by Gasteiger charge is -2.29. The first kappa shape index (κ1) is 19.2. The highest BCUT2D eigenvalue weighted by atomic mass is 16.5. The van der Waals surface area contributed by atoms with Gasteiger partial charge in [-0.1, -0.05) is 26.0 Å². The van der Waals surface area contributed by atoms with Crippen molar-refractivity contribution in [2.75, 3.05) is 20.7 Å². The molecule has 1 aliphatic rings. The molecule has 0 bridgehead atoms. The van der Waals surface area contributed by atoms with Gasteiger partial charge in [-0.15, -0.1) is 0 Å². The molecule has 0 fully saturated rings. The van der Waals surface area contributed by atoms with Gasteiger partial charge in [0, 0.05) is 31.5 Å². The molecule has 0 spiro atoms. The van der Waals surface area contributed by atoms with Crippen LogP contribution < -0.4 is 15.4 Å². The Kier molecular flexibility index (Phi) is 5.68. The van der Waals surface area contributed by atoms with E-state index in [-0.39, 0.29) is 5.41 Å². The molecule has 0 saturated carbocycles. The maximum Gasteiger partial charge on any atom is 0.191 e. The van der Waals surface area contributed by atoms with Crippen LogP contribution in [0, 0.1) is 6.92 Å². The third-order valence-corrected chi connectivity index (χ3v) is 5.08. The number of fused-ring (bicyclic) bond motifs is 1. The highest BCUT2D eigenvalue weighted by Crippen LogP contribution is 2.25. The van der Waals surface area contributed by atoms with Gasteiger partial charge in [0.1, 0.15) is 17.4 Å². The Morgan fingerprint density at radius 2 is 2.22 bits per heavy atom. The molecule has 0 radical (unpaired) electrons. The lowest BCUT2D eigenvalue weighted by atomic mass is 9.84. The monoisotopic (exact) mass is 370 g/mol. The van der Waals surface area contributed by atoms with Crippen LogP contribution >= 0.6 is 0 Å². The van der Waals surface area contributed by atoms with E-state index >= 15 is 0 Å². The third-order valence-electron chi connectivity index (χ3n) is 5.08. The molecule has 2 aromatic rings. The molecule has 2 heterocycles. The van der Waals surface area contributed by atoms with E-state index in [2.05, 4.69) is 51.7 Å². The second-order valence-corrected chi connectivity index (χ2v) is 7.68. The minimum absolute atomic E-state index is 0.0606. The summed E-state index contributed by atoms with van der Waals surface area (Å²) in [7, 11) is 3.50. The fourth-order valence-corrected chi connectivity index (χ4v) is 3.39. The summed E-state index contributed by atoms with van der Waals surface area (Å²) < 4.78 is 7.36. The molecule has 1 atom stereocenters. The maximum absolute atomic E-state index is 5.36. The van der Waals surface area contributed by atoms with Gasteiger partial charge >= 0.3 is 0 Å². The zero-order chi connectivity index (χ0) is 19.4. The second kappa shape index (κ2) is 7.98. The van der Waals surface area contributed by atoms with Gasteiger partial charge in [0.25, 0.3) is 0 Å². The van der Waals surface area contributed by atoms with E-state index in [1.807, 2.05) is 30.8 Å². The summed E-state index contributed by atoms with van der Waals surface area (Å²) in [6.07, 6.45) is 1.96. The molecule has 3 rings (SSSR count). The van der Waals surface area contributed by atoms with E-state index in [1.54, 1.807) is 7.11 Å². The average Bonchev–Trinajstić information content (AvgIpc) is 3.04. The minimum atomic E-state index is -0.0606. The molecule has 0 saturated heterocycles. The van der Waals surface area contributed by atoms with Gasteiger partial charge in [-0.2, -0.15) is 5.10 Å². The van der Waals surface area contributed by atoms with E-state index in [0.717, 1.165) is 49.3 Å². The normalized spacial score (nSPS) is 17.4. The van der Waals surface area contributed by atoms with Gasteiger partial charge < -0.3 is 15.4 Å². The van der Waals surface area contributed by atoms with Crippen molar-refractivity contribution >= 4 is 5.96 Å². The van der Waals surface area contributed by atoms with Gasteiger partial charge in [0.2, 0.25) is 0 Å². The first-order valence-corrected chi connectivity index (χ1v) is 9.43. The van der Waals surface area contributed by atoms with Crippen LogP contribution in [0.15, 0.2) is 29.3 Å². The quantitative estimate of drug-likeness (QED) is 0.622. The summed E-state index contributed by atoms with van der Waals surface area (Å²) in [4.78, 5) is 8.87. The molecule has 0 aliphatic carbocycles. The molecule has 1 aliphatic heterocycles. The Morgan fingerprint density at radius 3 is 2.96 bits per heavy atom. The predicted molar refractivity (Wildman–Crippen MR) is 107 cm³/mol. The van der Waals surface area contributed by atoms with Gasteiger partial charge in [-0.25, -0.2) is 9.67 Å². The van der Waals surface area contributed by atoms with Crippen LogP contribution in [0.4, 0.5) is 0 Å². The Labute approximate surface area is 161 Å². The molecule has 1 unspecified atom stereocenters. The Balaban J connectivity index is 1.59. The van der Waals surface area contributed by atoms with Crippen LogP contribution in [-0.4, -0.2) is 47.5 Å². The summed E-state index contributed by atoms with van der Waals surface area (Å²) in [6.45, 7) is 7.95. The van der Waals surface area contributed by atoms with Crippen molar-refractivity contribution in [2.24, 2.45) is 4.99 Å². The number of nitrogens with zero attached hydrogens (tertiary/aromatic N) is 4. The van der Waals surface area contributed by atoms with Gasteiger partial charge in [-0.05, 0) is 31.0 Å². The van der Waals surface area contributed by atoms with Crippen LogP contribution in [-0.2, 0) is 18.4 Å². The van der Waals surface area contributed by atoms with Crippen molar-refractivity contribution < 1.29 is 4.74 Å². The molecule has 27 heavy (non-hydrogen) atoms. The number of aliphatic imine (C=N–C) groups is 1. The fraction of sp³-hybridized carbons (Fsp3) is 0.550. The summed E-state index contributed by atoms with van der Waals surface area (Å²) in [5.41, 5.74) is 1.17. The number of benzene rings is 1. The highest BCUT2D eigenvalue weighted by molar-refractivity contribution is 5.80. The van der Waals surface area contributed by atoms with Crippen molar-refractivity contribution in [3.8, 4) is 5.75 Å². The van der Waals surface area contributed by atoms with E-state index in [9.17, 15) is 0 Å². The first-order valence-electron chi connectivity index (χ1n) is 9.43. The highest BCUT2D eigenvalue weighted by Gasteiger charge is 2.24. The van der Waals surface area contributed by atoms with Crippen molar-refractivity contribution in [2.45, 2.75) is 51.6 Å². The van der Waals surface area contributed by atoms with E-state index in [0.29, 0.717) is 6.04 Å². The van der Waals surface area contributed by atoms with Crippen LogP contribution in [0.1, 0.15) is 37.5 Å². The number of rotatable bonds is 5. The van der Waals surface area contributed by atoms with Crippen molar-refractivity contribution in [3.63, 3.8) is 0 Å². The SMILES string of the molecule is CN=C(NCC(C)(C)c1cccc(OC)c1)NC1CCc2nc(C)nn2C1. The first-order chi connectivity index (χ1) is 12.9. The van der Waals surface area contributed by atoms with Crippen LogP contribution in [0.3, 0.4) is 0 Å². The molecular weight excluding hydrogens is 340 g/mol. The fourth-order valence-electron chi connectivity index (χ4n) is 3.39. The largest absolute Gasteiger partial charge is 0.497 e. The van der Waals surface area contributed by atoms with Gasteiger partial charge in [-0.3, -0.25) is 4.99 Å². The van der Waals surface area contributed by atoms with E-state index in [1.165, 1.54) is 5.56 Å². The summed E-state index contributed by atoms with van der Waals surface area (Å²) in [6, 6.07) is 8.52. The number of hydrogen-bond donors (Lipinski definition) is 2. The molecule has 7 heteroatoms. The zero-order valence-corrected chi connectivity index (χ0v) is 16.9. The zero-order valence-electron chi connectivity index (χ0n) is 16.9. The van der Waals surface area contributed by atoms with Crippen LogP contribution in [0.5, 0.6) is 5.75 Å². The number of aromatic nitrogens is 3. The molecule has 146 valence electrons. The topological polar surface area (TPSA) is 76.4 Å². The number of hydrogen-bond acceptors (Lipinski definition) is 4. The number of ether oxygens (including phenoxy) is 1. The Morgan fingerprint density at radius 1 is 1.41 bits per heavy atom. The molecular formula is C20H30N6O. The standard InChI is InChI=1S/C20H30N6O/c1-14-23-18-10-9-16(12-26(18)25-14)24-19(21-4)22-13-20(2,3)15-7-6-8-17(11-15)27-5/h6-8,11,16H,9-10,12-13H2,1-5H3,(H2,21,22,24). The summed E-state index contributed by atoms with van der Waals surface area (Å²) >= 11 is 0. The van der Waals surface area contributed by atoms with Gasteiger partial charge in [0.05, 0.1) is 13.7 Å². The van der Waals surface area contributed by atoms with Crippen molar-refractivity contribution in [1.29, 1.82) is 0 Å². The average molecular weight is 371 g/mol. The van der Waals surface area contributed by atoms with E-state index in [4.69, 9.17) is 4.74 Å². The summed E-state index contributed by atoms with van der Waals surface area (Å²) in [5.74, 6) is 3.61. The van der Waals surface area contributed by atoms with Crippen LogP contribution in [0.25, 0.3) is 0 Å². The predicted octanol–water partition coefficient (Wildman–Crippen LogP) is 2.05. The Bertz CT molecular complexity index is 811. The molecule has 1 aromatic heterocycles. The minimum Gasteiger partial charge on any atom is -0.497 e. The van der Waals surface area contributed by atoms with E-state index < -0.39 is 0 Å². The molecule has 2 N–H and O–H groups in total. The lowest BCUT2D eigenvalue weighted by molar-refractivity contribution is 0.390. The van der Waals surface area contributed by atoms with Gasteiger partial charge in [0.15, 0.2) is 5.96 Å². The van der Waals surface area contributed by atoms with Crippen molar-refractivity contribution in [1.82, 2.24) is 25.4 Å². The Hall–Kier alpha value is -2.57. The summed E-state index contributed by atoms with van der Waals surface area (Å²) in [5, 5.41) is 11.5. The molecule has 1 aromatic carbocycles. The van der Waals surface area contributed by atoms with Crippen LogP contribution in [0.2, 0.25) is 0 Å². The number of methoxy groups -OCH3 is 1. The third kappa shape index (κ3) is 4.59. The smallest absolute Gasteiger partial charge is 0.191 e. The van der Waals surface area contributed by atoms with Crippen molar-refractivity contribution in [3.05, 3.63) is 41.5 Å². The number of aryl methyl sites for hydroxylation is 2. The molecule has 0 amide bonds. The number of nitrogens with one attached hydrogen (secondary N) is 2. The molecule has 7 nitrogen and oxygen atoms in total. The lowest BCUT2D eigenvalue weighted by Crippen LogP contribution is -2.49. The maximum atomic E-state index is 5.36. The second-order valence-electron chi connectivity index (χ2n) is 7.68. The number of guanidine groups is 1.